The quantitative estimate of drug-likeness (QED) is 0.425. The summed E-state index contributed by atoms with van der Waals surface area (Å²) in [6.07, 6.45) is -6.51. The summed E-state index contributed by atoms with van der Waals surface area (Å²) in [5, 5.41) is 20.7. The lowest BCUT2D eigenvalue weighted by Crippen LogP contribution is -2.43. The van der Waals surface area contributed by atoms with Gasteiger partial charge in [0.2, 0.25) is 6.29 Å². The lowest BCUT2D eigenvalue weighted by Gasteiger charge is -2.27. The molecule has 27 heavy (non-hydrogen) atoms. The molecule has 0 radical (unpaired) electrons. The molecule has 0 aromatic heterocycles. The fourth-order valence-corrected chi connectivity index (χ4v) is 3.82. The first-order chi connectivity index (χ1) is 12.6. The maximum absolute atomic E-state index is 14.2. The van der Waals surface area contributed by atoms with Crippen molar-refractivity contribution in [2.45, 2.75) is 37.4 Å². The van der Waals surface area contributed by atoms with E-state index in [0.29, 0.717) is 0 Å². The second-order valence-corrected chi connectivity index (χ2v) is 7.34. The van der Waals surface area contributed by atoms with E-state index in [0.717, 1.165) is 7.11 Å². The van der Waals surface area contributed by atoms with Gasteiger partial charge in [0.15, 0.2) is 6.10 Å². The molecule has 1 fully saturated rings. The Bertz CT molecular complexity index is 692. The molecule has 0 spiro atoms. The van der Waals surface area contributed by atoms with E-state index in [4.69, 9.17) is 18.9 Å². The minimum Gasteiger partial charge on any atom is -0.468 e. The largest absolute Gasteiger partial charge is 0.468 e. The molecule has 0 amide bonds. The molecule has 1 aliphatic rings. The van der Waals surface area contributed by atoms with Gasteiger partial charge in [-0.1, -0.05) is 18.2 Å². The first-order valence-electron chi connectivity index (χ1n) is 7.84. The summed E-state index contributed by atoms with van der Waals surface area (Å²) < 4.78 is 60.6. The van der Waals surface area contributed by atoms with Gasteiger partial charge in [0.25, 0.3) is 0 Å². The highest BCUT2D eigenvalue weighted by molar-refractivity contribution is 7.52. The normalized spacial score (nSPS) is 27.6. The van der Waals surface area contributed by atoms with Crippen LogP contribution in [0.15, 0.2) is 30.3 Å². The molecule has 1 aromatic carbocycles. The molecule has 0 saturated carbocycles. The molecule has 1 saturated heterocycles. The summed E-state index contributed by atoms with van der Waals surface area (Å²) in [7, 11) is -3.52. The number of carbonyl (C=O) groups is 1. The number of carbonyl (C=O) groups excluding carboxylic acids is 1. The summed E-state index contributed by atoms with van der Waals surface area (Å²) in [5.74, 6) is -4.83. The molecular formula is C15H20F2NO8P. The Labute approximate surface area is 153 Å². The van der Waals surface area contributed by atoms with Gasteiger partial charge >= 0.3 is 19.6 Å². The average molecular weight is 411 g/mol. The van der Waals surface area contributed by atoms with Crippen LogP contribution in [-0.2, 0) is 23.4 Å². The molecule has 1 unspecified atom stereocenters. The monoisotopic (exact) mass is 411 g/mol. The summed E-state index contributed by atoms with van der Waals surface area (Å²) in [6.45, 7) is 0.349. The lowest BCUT2D eigenvalue weighted by molar-refractivity contribution is -0.188. The smallest absolute Gasteiger partial charge is 0.462 e. The van der Waals surface area contributed by atoms with Crippen LogP contribution in [0.1, 0.15) is 6.92 Å². The van der Waals surface area contributed by atoms with E-state index >= 15 is 0 Å². The third kappa shape index (κ3) is 5.01. The van der Waals surface area contributed by atoms with Crippen LogP contribution >= 0.6 is 7.75 Å². The molecule has 1 aromatic rings. The predicted octanol–water partition coefficient (Wildman–Crippen LogP) is 1.05. The van der Waals surface area contributed by atoms with Crippen LogP contribution in [-0.4, -0.2) is 60.4 Å². The Kier molecular flexibility index (Phi) is 6.90. The third-order valence-electron chi connectivity index (χ3n) is 3.65. The van der Waals surface area contributed by atoms with Crippen molar-refractivity contribution in [2.75, 3.05) is 13.7 Å². The lowest BCUT2D eigenvalue weighted by atomic mass is 10.1. The van der Waals surface area contributed by atoms with Crippen LogP contribution in [0, 0.1) is 0 Å². The number of ether oxygens (including phenoxy) is 2. The Balaban J connectivity index is 2.26. The van der Waals surface area contributed by atoms with Gasteiger partial charge < -0.3 is 24.2 Å². The van der Waals surface area contributed by atoms with Crippen molar-refractivity contribution in [1.29, 1.82) is 0 Å². The summed E-state index contributed by atoms with van der Waals surface area (Å²) in [4.78, 5) is 11.6. The maximum atomic E-state index is 14.2. The second-order valence-electron chi connectivity index (χ2n) is 5.69. The van der Waals surface area contributed by atoms with E-state index in [-0.39, 0.29) is 5.75 Å². The van der Waals surface area contributed by atoms with Crippen molar-refractivity contribution in [3.63, 3.8) is 0 Å². The Hall–Kier alpha value is -1.62. The molecule has 152 valence electrons. The Morgan fingerprint density at radius 3 is 2.56 bits per heavy atom. The molecule has 12 heteroatoms. The number of benzene rings is 1. The van der Waals surface area contributed by atoms with Crippen molar-refractivity contribution in [1.82, 2.24) is 5.09 Å². The van der Waals surface area contributed by atoms with E-state index < -0.39 is 50.8 Å². The van der Waals surface area contributed by atoms with Gasteiger partial charge in [-0.25, -0.2) is 4.57 Å². The fraction of sp³-hybridized carbons (Fsp3) is 0.533. The number of esters is 1. The Morgan fingerprint density at radius 2 is 2.04 bits per heavy atom. The van der Waals surface area contributed by atoms with Crippen LogP contribution in [0.25, 0.3) is 0 Å². The predicted molar refractivity (Wildman–Crippen MR) is 87.1 cm³/mol. The standard InChI is InChI=1S/C15H20F2NO8P/c1-9(13(21)23-2)18-27(22,25-10-6-4-3-5-7-10)26-14-15(16,17)12(20)11(8-19)24-14/h3-7,9,11-12,14,19-20H,8H2,1-2H3,(H,18,22)/t9-,11+,12+,14-,27?/m0/s1. The average Bonchev–Trinajstić information content (AvgIpc) is 2.84. The van der Waals surface area contributed by atoms with Crippen molar-refractivity contribution in [3.8, 4) is 5.75 Å². The highest BCUT2D eigenvalue weighted by atomic mass is 31.2. The van der Waals surface area contributed by atoms with E-state index in [1.807, 2.05) is 0 Å². The van der Waals surface area contributed by atoms with Crippen molar-refractivity contribution >= 4 is 13.7 Å². The van der Waals surface area contributed by atoms with Crippen molar-refractivity contribution in [2.24, 2.45) is 0 Å². The third-order valence-corrected chi connectivity index (χ3v) is 5.27. The van der Waals surface area contributed by atoms with Crippen molar-refractivity contribution < 1.29 is 46.9 Å². The van der Waals surface area contributed by atoms with Crippen LogP contribution in [0.2, 0.25) is 0 Å². The first-order valence-corrected chi connectivity index (χ1v) is 9.38. The van der Waals surface area contributed by atoms with E-state index in [2.05, 4.69) is 9.82 Å². The summed E-state index contributed by atoms with van der Waals surface area (Å²) >= 11 is 0. The first kappa shape index (κ1) is 21.7. The number of halogens is 2. The van der Waals surface area contributed by atoms with Crippen LogP contribution in [0.5, 0.6) is 5.75 Å². The highest BCUT2D eigenvalue weighted by Crippen LogP contribution is 2.50. The summed E-state index contributed by atoms with van der Waals surface area (Å²) in [6, 6.07) is 6.25. The molecule has 3 N–H and O–H groups in total. The molecule has 9 nitrogen and oxygen atoms in total. The zero-order valence-corrected chi connectivity index (χ0v) is 15.3. The van der Waals surface area contributed by atoms with E-state index in [9.17, 15) is 23.2 Å². The number of hydrogen-bond donors (Lipinski definition) is 3. The van der Waals surface area contributed by atoms with Crippen LogP contribution in [0.3, 0.4) is 0 Å². The molecular weight excluding hydrogens is 391 g/mol. The number of para-hydroxylation sites is 1. The van der Waals surface area contributed by atoms with Gasteiger partial charge in [-0.2, -0.15) is 13.9 Å². The molecule has 0 aliphatic carbocycles. The van der Waals surface area contributed by atoms with Gasteiger partial charge in [0, 0.05) is 0 Å². The minimum atomic E-state index is -4.61. The summed E-state index contributed by atoms with van der Waals surface area (Å²) in [5.41, 5.74) is 0. The van der Waals surface area contributed by atoms with E-state index in [1.165, 1.54) is 31.2 Å². The van der Waals surface area contributed by atoms with Crippen molar-refractivity contribution in [3.05, 3.63) is 30.3 Å². The second kappa shape index (κ2) is 8.59. The van der Waals surface area contributed by atoms with E-state index in [1.54, 1.807) is 6.07 Å². The van der Waals surface area contributed by atoms with Gasteiger partial charge in [0.1, 0.15) is 17.9 Å². The topological polar surface area (TPSA) is 124 Å². The zero-order valence-electron chi connectivity index (χ0n) is 14.5. The minimum absolute atomic E-state index is 0.00553. The number of rotatable bonds is 8. The number of alkyl halides is 2. The zero-order chi connectivity index (χ0) is 20.2. The van der Waals surface area contributed by atoms with Crippen LogP contribution < -0.4 is 9.61 Å². The van der Waals surface area contributed by atoms with Gasteiger partial charge in [-0.05, 0) is 19.1 Å². The fourth-order valence-electron chi connectivity index (χ4n) is 2.24. The number of hydrogen-bond acceptors (Lipinski definition) is 8. The molecule has 0 bridgehead atoms. The highest BCUT2D eigenvalue weighted by Gasteiger charge is 2.61. The van der Waals surface area contributed by atoms with Gasteiger partial charge in [0.05, 0.1) is 13.7 Å². The van der Waals surface area contributed by atoms with Gasteiger partial charge in [-0.15, -0.1) is 0 Å². The SMILES string of the molecule is COC(=O)[C@H](C)NP(=O)(Oc1ccccc1)O[C@@H]1O[C@H](CO)[C@@H](O)C1(F)F. The number of methoxy groups -OCH3 is 1. The number of aliphatic hydroxyl groups excluding tert-OH is 2. The van der Waals surface area contributed by atoms with Gasteiger partial charge in [-0.3, -0.25) is 9.32 Å². The van der Waals surface area contributed by atoms with Crippen LogP contribution in [0.4, 0.5) is 8.78 Å². The number of nitrogens with one attached hydrogen (secondary N) is 1. The molecule has 2 rings (SSSR count). The molecule has 1 aliphatic heterocycles. The molecule has 5 atom stereocenters. The maximum Gasteiger partial charge on any atom is 0.462 e. The number of aliphatic hydroxyl groups is 2. The molecule has 1 heterocycles. The Morgan fingerprint density at radius 1 is 1.41 bits per heavy atom.